The van der Waals surface area contributed by atoms with Crippen LogP contribution in [0, 0.1) is 0 Å². The van der Waals surface area contributed by atoms with Crippen LogP contribution in [0.2, 0.25) is 0 Å². The van der Waals surface area contributed by atoms with E-state index in [4.69, 9.17) is 0 Å². The lowest BCUT2D eigenvalue weighted by Gasteiger charge is -2.32. The second-order valence-corrected chi connectivity index (χ2v) is 9.24. The Labute approximate surface area is 179 Å². The molecule has 1 aliphatic carbocycles. The molecular formula is C21H19F3N4O2S. The zero-order chi connectivity index (χ0) is 22.0. The van der Waals surface area contributed by atoms with E-state index in [1.165, 1.54) is 38.9 Å². The van der Waals surface area contributed by atoms with Gasteiger partial charge in [0.05, 0.1) is 4.88 Å². The second kappa shape index (κ2) is 6.81. The van der Waals surface area contributed by atoms with E-state index in [1.54, 1.807) is 4.90 Å². The highest BCUT2D eigenvalue weighted by Crippen LogP contribution is 2.54. The number of carbonyl (C=O) groups excluding carboxylic acids is 2. The minimum Gasteiger partial charge on any atom is -0.328 e. The number of aryl methyl sites for hydroxylation is 1. The van der Waals surface area contributed by atoms with E-state index in [9.17, 15) is 22.8 Å². The number of carbonyl (C=O) groups is 2. The van der Waals surface area contributed by atoms with Crippen LogP contribution in [0.15, 0.2) is 30.6 Å². The zero-order valence-electron chi connectivity index (χ0n) is 16.6. The smallest absolute Gasteiger partial charge is 0.328 e. The van der Waals surface area contributed by atoms with Crippen molar-refractivity contribution in [1.29, 1.82) is 0 Å². The molecule has 10 heteroatoms. The average molecular weight is 448 g/mol. The number of fused-ring (bicyclic) bond motifs is 3. The van der Waals surface area contributed by atoms with Gasteiger partial charge in [-0.2, -0.15) is 13.2 Å². The molecule has 1 N–H and O–H groups in total. The summed E-state index contributed by atoms with van der Waals surface area (Å²) in [5.41, 5.74) is 0.499. The second-order valence-electron chi connectivity index (χ2n) is 8.10. The van der Waals surface area contributed by atoms with Gasteiger partial charge in [0.2, 0.25) is 5.91 Å². The third-order valence-corrected chi connectivity index (χ3v) is 7.17. The number of hydrogen-bond donors (Lipinski definition) is 1. The third kappa shape index (κ3) is 3.48. The van der Waals surface area contributed by atoms with Crippen LogP contribution in [0.3, 0.4) is 0 Å². The fourth-order valence-corrected chi connectivity index (χ4v) is 5.30. The van der Waals surface area contributed by atoms with Crippen molar-refractivity contribution in [2.24, 2.45) is 0 Å². The Morgan fingerprint density at radius 3 is 2.77 bits per heavy atom. The van der Waals surface area contributed by atoms with Crippen molar-refractivity contribution >= 4 is 34.5 Å². The molecule has 2 amide bonds. The first-order valence-corrected chi connectivity index (χ1v) is 10.8. The number of nitrogens with one attached hydrogen (secondary N) is 1. The number of amides is 2. The summed E-state index contributed by atoms with van der Waals surface area (Å²) in [4.78, 5) is 32.6. The van der Waals surface area contributed by atoms with E-state index >= 15 is 0 Å². The fourth-order valence-electron chi connectivity index (χ4n) is 4.11. The van der Waals surface area contributed by atoms with Crippen LogP contribution in [0.4, 0.5) is 18.9 Å². The molecule has 31 heavy (non-hydrogen) atoms. The summed E-state index contributed by atoms with van der Waals surface area (Å²) < 4.78 is 39.8. The van der Waals surface area contributed by atoms with Crippen LogP contribution in [-0.2, 0) is 22.8 Å². The highest BCUT2D eigenvalue weighted by atomic mass is 32.1. The first kappa shape index (κ1) is 20.0. The molecule has 1 spiro atoms. The molecule has 1 fully saturated rings. The van der Waals surface area contributed by atoms with Gasteiger partial charge < -0.3 is 14.6 Å². The molecule has 0 aromatic carbocycles. The van der Waals surface area contributed by atoms with Gasteiger partial charge in [-0.05, 0) is 37.0 Å². The van der Waals surface area contributed by atoms with Gasteiger partial charge in [0, 0.05) is 41.0 Å². The number of imidazole rings is 1. The summed E-state index contributed by atoms with van der Waals surface area (Å²) in [6.45, 7) is 2.47. The number of alkyl halides is 3. The molecule has 3 aromatic heterocycles. The predicted octanol–water partition coefficient (Wildman–Crippen LogP) is 4.10. The van der Waals surface area contributed by atoms with Gasteiger partial charge in [-0.3, -0.25) is 9.59 Å². The number of nitrogens with zero attached hydrogens (tertiary/aromatic N) is 3. The van der Waals surface area contributed by atoms with Gasteiger partial charge >= 0.3 is 6.18 Å². The van der Waals surface area contributed by atoms with E-state index in [0.29, 0.717) is 12.2 Å². The van der Waals surface area contributed by atoms with Gasteiger partial charge in [-0.25, -0.2) is 4.98 Å². The molecule has 2 aliphatic rings. The molecule has 1 aliphatic heterocycles. The number of halogens is 3. The van der Waals surface area contributed by atoms with Gasteiger partial charge in [0.25, 0.3) is 5.91 Å². The normalized spacial score (nSPS) is 17.3. The lowest BCUT2D eigenvalue weighted by Crippen LogP contribution is -2.46. The number of thiophene rings is 1. The summed E-state index contributed by atoms with van der Waals surface area (Å²) in [5.74, 6) is -0.530. The zero-order valence-corrected chi connectivity index (χ0v) is 17.4. The lowest BCUT2D eigenvalue weighted by atomic mass is 9.91. The lowest BCUT2D eigenvalue weighted by molar-refractivity contribution is -0.140. The molecule has 6 nitrogen and oxygen atoms in total. The minimum atomic E-state index is -4.54. The van der Waals surface area contributed by atoms with Gasteiger partial charge in [-0.1, -0.05) is 6.92 Å². The SMILES string of the molecule is CCc1cc2c(s1)C(=O)N(CC(=O)Nc1ccn3cc(C(F)(F)F)nc3c1)CC21CC1. The molecule has 0 atom stereocenters. The summed E-state index contributed by atoms with van der Waals surface area (Å²) >= 11 is 1.50. The van der Waals surface area contributed by atoms with E-state index in [-0.39, 0.29) is 23.5 Å². The highest BCUT2D eigenvalue weighted by molar-refractivity contribution is 7.14. The van der Waals surface area contributed by atoms with Crippen LogP contribution in [0.1, 0.15) is 45.6 Å². The summed E-state index contributed by atoms with van der Waals surface area (Å²) in [7, 11) is 0. The molecule has 3 aromatic rings. The first-order valence-electron chi connectivity index (χ1n) is 9.97. The van der Waals surface area contributed by atoms with E-state index in [1.807, 2.05) is 0 Å². The summed E-state index contributed by atoms with van der Waals surface area (Å²) in [5, 5.41) is 2.67. The Bertz CT molecular complexity index is 1210. The van der Waals surface area contributed by atoms with E-state index in [0.717, 1.165) is 35.9 Å². The predicted molar refractivity (Wildman–Crippen MR) is 109 cm³/mol. The third-order valence-electron chi connectivity index (χ3n) is 5.90. The Morgan fingerprint density at radius 2 is 2.10 bits per heavy atom. The van der Waals surface area contributed by atoms with Crippen LogP contribution in [-0.4, -0.2) is 39.2 Å². The first-order chi connectivity index (χ1) is 14.7. The summed E-state index contributed by atoms with van der Waals surface area (Å²) in [6.07, 6.45) is 0.635. The highest BCUT2D eigenvalue weighted by Gasteiger charge is 2.52. The molecule has 0 radical (unpaired) electrons. The van der Waals surface area contributed by atoms with Crippen LogP contribution < -0.4 is 5.32 Å². The van der Waals surface area contributed by atoms with Crippen molar-refractivity contribution in [3.05, 3.63) is 51.6 Å². The largest absolute Gasteiger partial charge is 0.434 e. The van der Waals surface area contributed by atoms with Crippen molar-refractivity contribution in [1.82, 2.24) is 14.3 Å². The molecule has 0 bridgehead atoms. The van der Waals surface area contributed by atoms with Crippen molar-refractivity contribution in [3.8, 4) is 0 Å². The Balaban J connectivity index is 1.32. The Kier molecular flexibility index (Phi) is 4.40. The van der Waals surface area contributed by atoms with E-state index in [2.05, 4.69) is 23.3 Å². The van der Waals surface area contributed by atoms with Crippen molar-refractivity contribution in [2.75, 3.05) is 18.4 Å². The van der Waals surface area contributed by atoms with Crippen molar-refractivity contribution in [3.63, 3.8) is 0 Å². The number of pyridine rings is 1. The van der Waals surface area contributed by atoms with E-state index < -0.39 is 17.8 Å². The maximum absolute atomic E-state index is 13.0. The fraction of sp³-hybridized carbons (Fsp3) is 0.381. The monoisotopic (exact) mass is 448 g/mol. The Hall–Kier alpha value is -2.88. The quantitative estimate of drug-likeness (QED) is 0.654. The van der Waals surface area contributed by atoms with Gasteiger partial charge in [0.15, 0.2) is 5.69 Å². The molecule has 162 valence electrons. The van der Waals surface area contributed by atoms with Crippen molar-refractivity contribution < 1.29 is 22.8 Å². The van der Waals surface area contributed by atoms with Crippen LogP contribution >= 0.6 is 11.3 Å². The maximum Gasteiger partial charge on any atom is 0.434 e. The number of anilines is 1. The van der Waals surface area contributed by atoms with Crippen molar-refractivity contribution in [2.45, 2.75) is 37.8 Å². The molecule has 5 rings (SSSR count). The maximum atomic E-state index is 13.0. The number of rotatable bonds is 4. The number of hydrogen-bond acceptors (Lipinski definition) is 4. The summed E-state index contributed by atoms with van der Waals surface area (Å²) in [6, 6.07) is 5.01. The molecule has 4 heterocycles. The Morgan fingerprint density at radius 1 is 1.32 bits per heavy atom. The standard InChI is InChI=1S/C21H19F3N4O2S/c1-2-13-8-14-18(31-13)19(30)28(11-20(14)4-5-20)10-17(29)25-12-3-6-27-9-15(21(22,23)24)26-16(27)7-12/h3,6-9H,2,4-5,10-11H2,1H3,(H,25,29). The average Bonchev–Trinajstić information content (AvgIpc) is 3.14. The minimum absolute atomic E-state index is 0.0315. The van der Waals surface area contributed by atoms with Gasteiger partial charge in [-0.15, -0.1) is 11.3 Å². The topological polar surface area (TPSA) is 66.7 Å². The van der Waals surface area contributed by atoms with Gasteiger partial charge in [0.1, 0.15) is 12.2 Å². The number of aromatic nitrogens is 2. The molecule has 0 saturated heterocycles. The molecule has 1 saturated carbocycles. The molecule has 0 unspecified atom stereocenters. The molecular weight excluding hydrogens is 429 g/mol. The van der Waals surface area contributed by atoms with Crippen LogP contribution in [0.5, 0.6) is 0 Å². The van der Waals surface area contributed by atoms with Crippen LogP contribution in [0.25, 0.3) is 5.65 Å².